The monoisotopic (exact) mass is 664 g/mol. The molecule has 0 saturated carbocycles. The summed E-state index contributed by atoms with van der Waals surface area (Å²) in [5, 5.41) is 8.60. The molecule has 0 fully saturated rings. The van der Waals surface area contributed by atoms with Crippen molar-refractivity contribution in [1.29, 1.82) is 0 Å². The van der Waals surface area contributed by atoms with Crippen molar-refractivity contribution < 1.29 is 4.57 Å². The molecule has 4 heterocycles. The second-order valence-corrected chi connectivity index (χ2v) is 16.1. The number of hydrogen-bond donors (Lipinski definition) is 0. The summed E-state index contributed by atoms with van der Waals surface area (Å²) in [6.45, 7) is 0. The van der Waals surface area contributed by atoms with Gasteiger partial charge in [0.05, 0.1) is 22.2 Å². The van der Waals surface area contributed by atoms with Crippen LogP contribution in [-0.2, 0) is 4.57 Å². The highest BCUT2D eigenvalue weighted by atomic mass is 32.1. The van der Waals surface area contributed by atoms with E-state index in [-0.39, 0.29) is 0 Å². The summed E-state index contributed by atoms with van der Waals surface area (Å²) in [7, 11) is -3.07. The topological polar surface area (TPSA) is 26.4 Å². The molecule has 10 rings (SSSR count). The lowest BCUT2D eigenvalue weighted by atomic mass is 10.0. The first-order chi connectivity index (χ1) is 24.2. The Balaban J connectivity index is 1.21. The Hall–Kier alpha value is -5.67. The van der Waals surface area contributed by atoms with Crippen molar-refractivity contribution in [3.63, 3.8) is 0 Å². The number of hydrogen-bond acceptors (Lipinski definition) is 2. The summed E-state index contributed by atoms with van der Waals surface area (Å²) in [5.74, 6) is 0. The van der Waals surface area contributed by atoms with E-state index >= 15 is 4.57 Å². The van der Waals surface area contributed by atoms with Crippen LogP contribution in [0, 0.1) is 0 Å². The van der Waals surface area contributed by atoms with Crippen molar-refractivity contribution in [3.8, 4) is 28.1 Å². The molecule has 0 aliphatic carbocycles. The summed E-state index contributed by atoms with van der Waals surface area (Å²) >= 11 is 1.80. The standard InChI is InChI=1S/C44H29N2OPS/c47-48(33-18-9-3-10-19-33,34-20-11-4-12-21-34)35-26-24-32(25-27-35)45-38-23-13-22-36-39-28-37(30-14-5-1-6-15-30)43(31-16-7-2-8-17-31)46(39)44-42(41(36)38)40(45)29-49-44/h1-29H. The van der Waals surface area contributed by atoms with Gasteiger partial charge < -0.3 is 9.13 Å². The van der Waals surface area contributed by atoms with Crippen LogP contribution in [0.4, 0.5) is 0 Å². The zero-order valence-electron chi connectivity index (χ0n) is 26.4. The van der Waals surface area contributed by atoms with Crippen LogP contribution in [-0.4, -0.2) is 8.97 Å². The third-order valence-electron chi connectivity index (χ3n) is 9.85. The summed E-state index contributed by atoms with van der Waals surface area (Å²) < 4.78 is 19.9. The fourth-order valence-electron chi connectivity index (χ4n) is 7.69. The second-order valence-electron chi connectivity index (χ2n) is 12.5. The highest BCUT2D eigenvalue weighted by Gasteiger charge is 2.30. The number of aromatic nitrogens is 2. The normalized spacial score (nSPS) is 12.2. The molecule has 3 nitrogen and oxygen atoms in total. The Morgan fingerprint density at radius 3 is 1.69 bits per heavy atom. The minimum atomic E-state index is -3.07. The van der Waals surface area contributed by atoms with Crippen molar-refractivity contribution in [3.05, 3.63) is 175 Å². The van der Waals surface area contributed by atoms with Crippen LogP contribution < -0.4 is 15.9 Å². The van der Waals surface area contributed by atoms with Gasteiger partial charge in [0, 0.05) is 48.7 Å². The van der Waals surface area contributed by atoms with Gasteiger partial charge in [0.15, 0.2) is 7.14 Å². The van der Waals surface area contributed by atoms with Gasteiger partial charge in [-0.1, -0.05) is 133 Å². The van der Waals surface area contributed by atoms with Crippen LogP contribution >= 0.6 is 18.5 Å². The molecule has 6 aromatic carbocycles. The molecule has 0 saturated heterocycles. The van der Waals surface area contributed by atoms with Gasteiger partial charge in [-0.05, 0) is 47.5 Å². The van der Waals surface area contributed by atoms with Gasteiger partial charge in [0.25, 0.3) is 0 Å². The first-order valence-corrected chi connectivity index (χ1v) is 19.0. The molecule has 0 bridgehead atoms. The summed E-state index contributed by atoms with van der Waals surface area (Å²) in [5.41, 5.74) is 9.47. The molecule has 5 heteroatoms. The average molecular weight is 665 g/mol. The van der Waals surface area contributed by atoms with Crippen molar-refractivity contribution in [1.82, 2.24) is 8.97 Å². The van der Waals surface area contributed by atoms with Gasteiger partial charge in [-0.2, -0.15) is 0 Å². The molecule has 0 aliphatic heterocycles. The largest absolute Gasteiger partial charge is 0.309 e. The van der Waals surface area contributed by atoms with Crippen LogP contribution in [0.15, 0.2) is 175 Å². The third kappa shape index (κ3) is 4.12. The van der Waals surface area contributed by atoms with Crippen molar-refractivity contribution in [2.45, 2.75) is 0 Å². The van der Waals surface area contributed by atoms with Gasteiger partial charge >= 0.3 is 0 Å². The lowest BCUT2D eigenvalue weighted by molar-refractivity contribution is 0.592. The van der Waals surface area contributed by atoms with E-state index in [1.807, 2.05) is 60.7 Å². The van der Waals surface area contributed by atoms with E-state index in [0.717, 1.165) is 21.6 Å². The minimum absolute atomic E-state index is 0.828. The summed E-state index contributed by atoms with van der Waals surface area (Å²) in [6.07, 6.45) is 0. The lowest BCUT2D eigenvalue weighted by Crippen LogP contribution is -2.24. The highest BCUT2D eigenvalue weighted by Crippen LogP contribution is 2.48. The van der Waals surface area contributed by atoms with Crippen LogP contribution in [0.5, 0.6) is 0 Å². The van der Waals surface area contributed by atoms with E-state index in [9.17, 15) is 0 Å². The molecule has 0 atom stereocenters. The van der Waals surface area contributed by atoms with Crippen molar-refractivity contribution in [2.75, 3.05) is 0 Å². The Morgan fingerprint density at radius 1 is 0.490 bits per heavy atom. The SMILES string of the molecule is O=P(c1ccccc1)(c1ccccc1)c1ccc(-n2c3cccc4c3c3c2csc3n2c(-c3ccccc3)c(-c3ccccc3)cc42)cc1. The van der Waals surface area contributed by atoms with Gasteiger partial charge in [0.1, 0.15) is 4.83 Å². The van der Waals surface area contributed by atoms with Crippen LogP contribution in [0.3, 0.4) is 0 Å². The predicted octanol–water partition coefficient (Wildman–Crippen LogP) is 10.7. The Labute approximate surface area is 287 Å². The third-order valence-corrected chi connectivity index (χ3v) is 13.9. The maximum Gasteiger partial charge on any atom is 0.171 e. The molecule has 4 aromatic heterocycles. The van der Waals surface area contributed by atoms with E-state index in [2.05, 4.69) is 124 Å². The number of rotatable bonds is 6. The fourth-order valence-corrected chi connectivity index (χ4v) is 11.4. The fraction of sp³-hybridized carbons (Fsp3) is 0. The summed E-state index contributed by atoms with van der Waals surface area (Å²) in [6, 6.07) is 58.7. The molecule has 49 heavy (non-hydrogen) atoms. The van der Waals surface area contributed by atoms with Gasteiger partial charge in [-0.15, -0.1) is 11.3 Å². The Bertz CT molecular complexity index is 2770. The van der Waals surface area contributed by atoms with E-state index < -0.39 is 7.14 Å². The van der Waals surface area contributed by atoms with Crippen LogP contribution in [0.25, 0.3) is 65.6 Å². The molecule has 10 aromatic rings. The van der Waals surface area contributed by atoms with Crippen LogP contribution in [0.2, 0.25) is 0 Å². The molecular formula is C44H29N2OPS. The zero-order chi connectivity index (χ0) is 32.5. The second kappa shape index (κ2) is 10.9. The molecule has 0 spiro atoms. The molecule has 0 N–H and O–H groups in total. The van der Waals surface area contributed by atoms with Crippen LogP contribution in [0.1, 0.15) is 0 Å². The number of benzene rings is 6. The maximum absolute atomic E-state index is 15.1. The molecule has 232 valence electrons. The highest BCUT2D eigenvalue weighted by molar-refractivity contribution is 7.85. The molecule has 0 aliphatic rings. The van der Waals surface area contributed by atoms with Gasteiger partial charge in [0.2, 0.25) is 0 Å². The van der Waals surface area contributed by atoms with Gasteiger partial charge in [-0.25, -0.2) is 0 Å². The number of pyridine rings is 1. The molecule has 0 unspecified atom stereocenters. The number of thiophene rings is 1. The average Bonchev–Trinajstić information content (AvgIpc) is 3.88. The minimum Gasteiger partial charge on any atom is -0.309 e. The Morgan fingerprint density at radius 2 is 1.06 bits per heavy atom. The maximum atomic E-state index is 15.1. The first kappa shape index (κ1) is 28.4. The zero-order valence-corrected chi connectivity index (χ0v) is 28.1. The number of fused-ring (bicyclic) bond motifs is 3. The van der Waals surface area contributed by atoms with Crippen molar-refractivity contribution >= 4 is 71.9 Å². The lowest BCUT2D eigenvalue weighted by Gasteiger charge is -2.20. The first-order valence-electron chi connectivity index (χ1n) is 16.5. The molecule has 0 amide bonds. The van der Waals surface area contributed by atoms with Crippen molar-refractivity contribution in [2.24, 2.45) is 0 Å². The summed E-state index contributed by atoms with van der Waals surface area (Å²) in [4.78, 5) is 1.24. The predicted molar refractivity (Wildman–Crippen MR) is 209 cm³/mol. The van der Waals surface area contributed by atoms with E-state index in [4.69, 9.17) is 0 Å². The van der Waals surface area contributed by atoms with E-state index in [1.54, 1.807) is 11.3 Å². The molecule has 0 radical (unpaired) electrons. The quantitative estimate of drug-likeness (QED) is 0.163. The van der Waals surface area contributed by atoms with E-state index in [1.165, 1.54) is 59.9 Å². The Kier molecular flexibility index (Phi) is 6.33. The van der Waals surface area contributed by atoms with E-state index in [0.29, 0.717) is 0 Å². The molecular weight excluding hydrogens is 636 g/mol. The number of nitrogens with zero attached hydrogens (tertiary/aromatic N) is 2. The van der Waals surface area contributed by atoms with Gasteiger partial charge in [-0.3, -0.25) is 4.40 Å². The smallest absolute Gasteiger partial charge is 0.171 e.